The van der Waals surface area contributed by atoms with Crippen molar-refractivity contribution in [2.45, 2.75) is 44.3 Å². The number of amides is 3. The van der Waals surface area contributed by atoms with E-state index in [0.717, 1.165) is 29.7 Å². The second-order valence-corrected chi connectivity index (χ2v) is 10.3. The fourth-order valence-electron chi connectivity index (χ4n) is 4.60. The smallest absolute Gasteiger partial charge is 0.243 e. The Labute approximate surface area is 234 Å². The highest BCUT2D eigenvalue weighted by molar-refractivity contribution is 5.95. The summed E-state index contributed by atoms with van der Waals surface area (Å²) in [6, 6.07) is 12.6. The molecule has 0 aromatic heterocycles. The highest BCUT2D eigenvalue weighted by Crippen LogP contribution is 2.33. The van der Waals surface area contributed by atoms with E-state index in [1.54, 1.807) is 38.2 Å². The minimum absolute atomic E-state index is 0.0473. The summed E-state index contributed by atoms with van der Waals surface area (Å²) in [4.78, 5) is 41.4. The molecule has 40 heavy (non-hydrogen) atoms. The van der Waals surface area contributed by atoms with Crippen LogP contribution in [0.1, 0.15) is 36.5 Å². The standard InChI is InChI=1S/C30H38N6O4/c1-19-28(37)35-25(18-21-8-10-23(11-9-21)27(31)32)29(38)34-14-4-6-20-5-3-7-24(17-20)40-16-15-33-26(22-12-13-22)30(39)36(19)2/h3-11,17,19,22,25-26,33H,12-16,18H2,1-2H3,(H3,31,32)(H,34,38)(H,35,37). The molecule has 2 bridgehead atoms. The summed E-state index contributed by atoms with van der Waals surface area (Å²) in [6.07, 6.45) is 5.87. The summed E-state index contributed by atoms with van der Waals surface area (Å²) in [5.41, 5.74) is 7.86. The number of amidine groups is 1. The van der Waals surface area contributed by atoms with Crippen LogP contribution in [-0.4, -0.2) is 73.3 Å². The summed E-state index contributed by atoms with van der Waals surface area (Å²) in [6.45, 7) is 2.81. The van der Waals surface area contributed by atoms with E-state index in [2.05, 4.69) is 16.0 Å². The lowest BCUT2D eigenvalue weighted by atomic mass is 10.0. The minimum atomic E-state index is -0.869. The van der Waals surface area contributed by atoms with E-state index < -0.39 is 24.0 Å². The van der Waals surface area contributed by atoms with E-state index in [-0.39, 0.29) is 36.5 Å². The van der Waals surface area contributed by atoms with Gasteiger partial charge < -0.3 is 31.3 Å². The van der Waals surface area contributed by atoms with E-state index in [1.807, 2.05) is 36.4 Å². The van der Waals surface area contributed by atoms with Crippen LogP contribution >= 0.6 is 0 Å². The molecule has 0 spiro atoms. The Morgan fingerprint density at radius 1 is 1.10 bits per heavy atom. The van der Waals surface area contributed by atoms with Gasteiger partial charge in [-0.1, -0.05) is 48.6 Å². The lowest BCUT2D eigenvalue weighted by molar-refractivity contribution is -0.141. The van der Waals surface area contributed by atoms with Gasteiger partial charge in [-0.25, -0.2) is 0 Å². The number of carbonyl (C=O) groups excluding carboxylic acids is 3. The Bertz CT molecular complexity index is 1260. The van der Waals surface area contributed by atoms with Crippen LogP contribution in [-0.2, 0) is 20.8 Å². The Morgan fingerprint density at radius 3 is 2.55 bits per heavy atom. The number of likely N-dealkylation sites (N-methyl/N-ethyl adjacent to an activating group) is 1. The lowest BCUT2D eigenvalue weighted by Crippen LogP contribution is -2.56. The molecular formula is C30H38N6O4. The molecule has 212 valence electrons. The predicted octanol–water partition coefficient (Wildman–Crippen LogP) is 1.44. The summed E-state index contributed by atoms with van der Waals surface area (Å²) >= 11 is 0. The van der Waals surface area contributed by atoms with Crippen molar-refractivity contribution in [3.63, 3.8) is 0 Å². The largest absolute Gasteiger partial charge is 0.492 e. The molecule has 3 unspecified atom stereocenters. The van der Waals surface area contributed by atoms with E-state index in [0.29, 0.717) is 18.7 Å². The highest BCUT2D eigenvalue weighted by Gasteiger charge is 2.39. The van der Waals surface area contributed by atoms with Crippen LogP contribution in [0.3, 0.4) is 0 Å². The second-order valence-electron chi connectivity index (χ2n) is 10.3. The molecule has 3 atom stereocenters. The Balaban J connectivity index is 1.56. The maximum atomic E-state index is 13.4. The number of benzene rings is 2. The third kappa shape index (κ3) is 7.69. The van der Waals surface area contributed by atoms with E-state index >= 15 is 0 Å². The average Bonchev–Trinajstić information content (AvgIpc) is 3.79. The molecule has 6 N–H and O–H groups in total. The molecule has 1 heterocycles. The van der Waals surface area contributed by atoms with Gasteiger partial charge in [-0.15, -0.1) is 0 Å². The molecule has 1 aliphatic heterocycles. The zero-order chi connectivity index (χ0) is 28.6. The molecule has 1 aliphatic carbocycles. The number of hydrogen-bond acceptors (Lipinski definition) is 6. The quantitative estimate of drug-likeness (QED) is 0.289. The molecule has 2 aromatic carbocycles. The van der Waals surface area contributed by atoms with Crippen molar-refractivity contribution in [1.82, 2.24) is 20.9 Å². The second kappa shape index (κ2) is 13.3. The molecule has 2 aromatic rings. The zero-order valence-electron chi connectivity index (χ0n) is 23.0. The first-order chi connectivity index (χ1) is 19.2. The Morgan fingerprint density at radius 2 is 1.85 bits per heavy atom. The zero-order valence-corrected chi connectivity index (χ0v) is 23.0. The number of carbonyl (C=O) groups is 3. The molecule has 4 rings (SSSR count). The van der Waals surface area contributed by atoms with Gasteiger partial charge in [0.2, 0.25) is 17.7 Å². The van der Waals surface area contributed by atoms with Crippen molar-refractivity contribution < 1.29 is 19.1 Å². The number of fused-ring (bicyclic) bond motifs is 2. The van der Waals surface area contributed by atoms with Crippen molar-refractivity contribution in [1.29, 1.82) is 5.41 Å². The summed E-state index contributed by atoms with van der Waals surface area (Å²) in [5.74, 6) is -0.0223. The first kappa shape index (κ1) is 28.8. The van der Waals surface area contributed by atoms with Crippen LogP contribution < -0.4 is 26.4 Å². The van der Waals surface area contributed by atoms with Crippen molar-refractivity contribution in [2.24, 2.45) is 11.7 Å². The first-order valence-electron chi connectivity index (χ1n) is 13.6. The van der Waals surface area contributed by atoms with Crippen LogP contribution in [0.15, 0.2) is 54.6 Å². The van der Waals surface area contributed by atoms with E-state index in [4.69, 9.17) is 15.9 Å². The molecule has 10 heteroatoms. The number of nitrogens with one attached hydrogen (secondary N) is 4. The fraction of sp³-hybridized carbons (Fsp3) is 0.400. The van der Waals surface area contributed by atoms with E-state index in [9.17, 15) is 14.4 Å². The van der Waals surface area contributed by atoms with Crippen LogP contribution in [0, 0.1) is 11.3 Å². The monoisotopic (exact) mass is 546 g/mol. The molecule has 10 nitrogen and oxygen atoms in total. The molecular weight excluding hydrogens is 508 g/mol. The Hall–Kier alpha value is -4.18. The van der Waals surface area contributed by atoms with Crippen LogP contribution in [0.2, 0.25) is 0 Å². The number of hydrogen-bond donors (Lipinski definition) is 5. The van der Waals surface area contributed by atoms with Gasteiger partial charge in [-0.2, -0.15) is 0 Å². The summed E-state index contributed by atoms with van der Waals surface area (Å²) in [5, 5.41) is 16.7. The normalized spacial score (nSPS) is 23.2. The van der Waals surface area contributed by atoms with Crippen molar-refractivity contribution in [2.75, 3.05) is 26.7 Å². The van der Waals surface area contributed by atoms with Gasteiger partial charge in [0.15, 0.2) is 0 Å². The van der Waals surface area contributed by atoms with Crippen molar-refractivity contribution in [3.8, 4) is 5.75 Å². The molecule has 1 fully saturated rings. The molecule has 2 aliphatic rings. The number of nitrogens with two attached hydrogens (primary N) is 1. The van der Waals surface area contributed by atoms with Crippen LogP contribution in [0.4, 0.5) is 0 Å². The third-order valence-corrected chi connectivity index (χ3v) is 7.30. The summed E-state index contributed by atoms with van der Waals surface area (Å²) in [7, 11) is 1.62. The van der Waals surface area contributed by atoms with Crippen LogP contribution in [0.5, 0.6) is 5.75 Å². The molecule has 0 saturated heterocycles. The molecule has 0 radical (unpaired) electrons. The van der Waals surface area contributed by atoms with Gasteiger partial charge in [0.05, 0.1) is 6.04 Å². The summed E-state index contributed by atoms with van der Waals surface area (Å²) < 4.78 is 5.89. The van der Waals surface area contributed by atoms with Gasteiger partial charge in [0.1, 0.15) is 30.3 Å². The number of nitrogen functional groups attached to an aromatic ring is 1. The number of rotatable bonds is 4. The average molecular weight is 547 g/mol. The first-order valence-corrected chi connectivity index (χ1v) is 13.6. The Kier molecular flexibility index (Phi) is 9.55. The fourth-order valence-corrected chi connectivity index (χ4v) is 4.60. The van der Waals surface area contributed by atoms with Gasteiger partial charge >= 0.3 is 0 Å². The third-order valence-electron chi connectivity index (χ3n) is 7.30. The van der Waals surface area contributed by atoms with Crippen LogP contribution in [0.25, 0.3) is 6.08 Å². The maximum Gasteiger partial charge on any atom is 0.243 e. The number of nitrogens with zero attached hydrogens (tertiary/aromatic N) is 1. The molecule has 1 saturated carbocycles. The van der Waals surface area contributed by atoms with Gasteiger partial charge in [-0.05, 0) is 48.9 Å². The molecule has 3 amide bonds. The topological polar surface area (TPSA) is 150 Å². The highest BCUT2D eigenvalue weighted by atomic mass is 16.5. The minimum Gasteiger partial charge on any atom is -0.492 e. The SMILES string of the molecule is CC1C(=O)NC(Cc2ccc(C(=N)N)cc2)C(=O)NCC=Cc2cccc(c2)OCCNC(C2CC2)C(=O)N1C. The van der Waals surface area contributed by atoms with E-state index in [1.165, 1.54) is 4.90 Å². The van der Waals surface area contributed by atoms with Crippen molar-refractivity contribution in [3.05, 3.63) is 71.3 Å². The van der Waals surface area contributed by atoms with Gasteiger partial charge in [0.25, 0.3) is 0 Å². The van der Waals surface area contributed by atoms with Crippen molar-refractivity contribution >= 4 is 29.6 Å². The predicted molar refractivity (Wildman–Crippen MR) is 154 cm³/mol. The van der Waals surface area contributed by atoms with Gasteiger partial charge in [-0.3, -0.25) is 19.8 Å². The number of ether oxygens (including phenoxy) is 1. The lowest BCUT2D eigenvalue weighted by Gasteiger charge is -2.30. The van der Waals surface area contributed by atoms with Gasteiger partial charge in [0, 0.05) is 32.1 Å². The maximum absolute atomic E-state index is 13.4.